The molecule has 3 atom stereocenters. The van der Waals surface area contributed by atoms with Gasteiger partial charge >= 0.3 is 0 Å². The minimum atomic E-state index is 0.102. The van der Waals surface area contributed by atoms with Gasteiger partial charge in [0.25, 0.3) is 0 Å². The van der Waals surface area contributed by atoms with E-state index in [0.717, 1.165) is 12.8 Å². The first-order valence-corrected chi connectivity index (χ1v) is 7.54. The molecular weight excluding hydrogens is 250 g/mol. The van der Waals surface area contributed by atoms with E-state index in [9.17, 15) is 9.59 Å². The maximum atomic E-state index is 12.4. The summed E-state index contributed by atoms with van der Waals surface area (Å²) in [6.07, 6.45) is 3.60. The summed E-state index contributed by atoms with van der Waals surface area (Å²) in [5, 5.41) is 0. The van der Waals surface area contributed by atoms with Gasteiger partial charge in [0, 0.05) is 25.3 Å². The van der Waals surface area contributed by atoms with Crippen molar-refractivity contribution in [2.75, 3.05) is 0 Å². The maximum Gasteiger partial charge on any atom is 0.223 e. The van der Waals surface area contributed by atoms with Crippen LogP contribution in [0, 0.1) is 5.92 Å². The normalized spacial score (nSPS) is 28.1. The van der Waals surface area contributed by atoms with Gasteiger partial charge in [-0.2, -0.15) is 0 Å². The molecule has 2 fully saturated rings. The quantitative estimate of drug-likeness (QED) is 0.829. The van der Waals surface area contributed by atoms with Crippen LogP contribution in [0.15, 0.2) is 30.3 Å². The van der Waals surface area contributed by atoms with Crippen LogP contribution in [0.4, 0.5) is 0 Å². The lowest BCUT2D eigenvalue weighted by Gasteiger charge is -2.46. The molecule has 0 N–H and O–H groups in total. The van der Waals surface area contributed by atoms with Gasteiger partial charge in [0.2, 0.25) is 5.91 Å². The third-order valence-corrected chi connectivity index (χ3v) is 4.83. The molecule has 3 heteroatoms. The number of rotatable bonds is 2. The molecule has 3 nitrogen and oxygen atoms in total. The minimum absolute atomic E-state index is 0.102. The lowest BCUT2D eigenvalue weighted by atomic mass is 9.76. The molecule has 1 heterocycles. The topological polar surface area (TPSA) is 37.4 Å². The predicted octanol–water partition coefficient (Wildman–Crippen LogP) is 3.11. The van der Waals surface area contributed by atoms with Crippen LogP contribution < -0.4 is 0 Å². The van der Waals surface area contributed by atoms with E-state index in [1.54, 1.807) is 0 Å². The molecule has 1 saturated heterocycles. The van der Waals surface area contributed by atoms with E-state index in [0.29, 0.717) is 31.0 Å². The number of carbonyl (C=O) groups excluding carboxylic acids is 2. The first-order chi connectivity index (χ1) is 9.66. The van der Waals surface area contributed by atoms with Crippen LogP contribution in [0.1, 0.15) is 50.6 Å². The van der Waals surface area contributed by atoms with Crippen LogP contribution in [0.25, 0.3) is 0 Å². The van der Waals surface area contributed by atoms with Crippen LogP contribution in [0.5, 0.6) is 0 Å². The number of amides is 1. The fourth-order valence-corrected chi connectivity index (χ4v) is 3.75. The van der Waals surface area contributed by atoms with Gasteiger partial charge in [-0.1, -0.05) is 30.3 Å². The zero-order chi connectivity index (χ0) is 14.1. The Morgan fingerprint density at radius 2 is 1.85 bits per heavy atom. The fourth-order valence-electron chi connectivity index (χ4n) is 3.75. The Labute approximate surface area is 120 Å². The molecule has 3 rings (SSSR count). The Bertz CT molecular complexity index is 511. The number of likely N-dealkylation sites (tertiary alicyclic amines) is 1. The number of fused-ring (bicyclic) bond motifs is 1. The van der Waals surface area contributed by atoms with E-state index < -0.39 is 0 Å². The van der Waals surface area contributed by atoms with Gasteiger partial charge in [-0.15, -0.1) is 0 Å². The third kappa shape index (κ3) is 2.37. The van der Waals surface area contributed by atoms with Crippen LogP contribution >= 0.6 is 0 Å². The Morgan fingerprint density at radius 1 is 1.10 bits per heavy atom. The van der Waals surface area contributed by atoms with E-state index in [2.05, 4.69) is 24.0 Å². The molecule has 0 unspecified atom stereocenters. The van der Waals surface area contributed by atoms with Crippen molar-refractivity contribution in [2.45, 2.75) is 51.1 Å². The van der Waals surface area contributed by atoms with E-state index in [1.807, 2.05) is 18.2 Å². The van der Waals surface area contributed by atoms with E-state index >= 15 is 0 Å². The number of hydrogen-bond acceptors (Lipinski definition) is 2. The lowest BCUT2D eigenvalue weighted by molar-refractivity contribution is -0.146. The molecule has 0 bridgehead atoms. The molecule has 106 valence electrons. The summed E-state index contributed by atoms with van der Waals surface area (Å²) < 4.78 is 0. The monoisotopic (exact) mass is 271 g/mol. The molecule has 0 aromatic heterocycles. The van der Waals surface area contributed by atoms with Crippen molar-refractivity contribution in [3.63, 3.8) is 0 Å². The van der Waals surface area contributed by atoms with Crippen molar-refractivity contribution < 1.29 is 9.59 Å². The Balaban J connectivity index is 1.86. The zero-order valence-corrected chi connectivity index (χ0v) is 11.9. The van der Waals surface area contributed by atoms with E-state index in [4.69, 9.17) is 0 Å². The summed E-state index contributed by atoms with van der Waals surface area (Å²) in [6.45, 7) is 2.10. The highest BCUT2D eigenvalue weighted by molar-refractivity contribution is 5.82. The van der Waals surface area contributed by atoms with Gasteiger partial charge in [-0.3, -0.25) is 9.59 Å². The highest BCUT2D eigenvalue weighted by Gasteiger charge is 2.41. The Kier molecular flexibility index (Phi) is 3.60. The number of benzene rings is 1. The molecule has 2 aliphatic rings. The van der Waals surface area contributed by atoms with Crippen molar-refractivity contribution in [3.8, 4) is 0 Å². The average Bonchev–Trinajstić information content (AvgIpc) is 2.48. The van der Waals surface area contributed by atoms with Crippen LogP contribution in [0.2, 0.25) is 0 Å². The highest BCUT2D eigenvalue weighted by Crippen LogP contribution is 2.38. The second kappa shape index (κ2) is 5.39. The lowest BCUT2D eigenvalue weighted by Crippen LogP contribution is -2.51. The first kappa shape index (κ1) is 13.3. The van der Waals surface area contributed by atoms with Crippen molar-refractivity contribution in [1.82, 2.24) is 4.90 Å². The molecule has 1 amide bonds. The summed E-state index contributed by atoms with van der Waals surface area (Å²) in [5.74, 6) is 0.991. The van der Waals surface area contributed by atoms with Crippen molar-refractivity contribution in [3.05, 3.63) is 35.9 Å². The number of piperidine rings is 1. The molecule has 0 radical (unpaired) electrons. The number of carbonyl (C=O) groups is 2. The molecule has 1 aromatic rings. The van der Waals surface area contributed by atoms with Crippen LogP contribution in [0.3, 0.4) is 0 Å². The Hall–Kier alpha value is -1.64. The second-order valence-electron chi connectivity index (χ2n) is 6.04. The van der Waals surface area contributed by atoms with Crippen molar-refractivity contribution in [1.29, 1.82) is 0 Å². The predicted molar refractivity (Wildman–Crippen MR) is 77.1 cm³/mol. The number of Topliss-reactive ketones (excluding diaryl/α,β-unsaturated/α-hetero) is 1. The summed E-state index contributed by atoms with van der Waals surface area (Å²) in [4.78, 5) is 26.1. The standard InChI is InChI=1S/C17H21NO2/c1-12(13-5-3-2-4-6-13)18-16-9-8-15(19)11-14(16)7-10-17(18)20/h2-6,12,14,16H,7-11H2,1H3/t12-,14-,16+/m1/s1. The molecule has 20 heavy (non-hydrogen) atoms. The molecule has 1 saturated carbocycles. The SMILES string of the molecule is C[C@H](c1ccccc1)N1C(=O)CC[C@@H]2CC(=O)CC[C@@H]21. The summed E-state index contributed by atoms with van der Waals surface area (Å²) in [7, 11) is 0. The molecular formula is C17H21NO2. The number of ketones is 1. The van der Waals surface area contributed by atoms with Gasteiger partial charge in [-0.25, -0.2) is 0 Å². The average molecular weight is 271 g/mol. The van der Waals surface area contributed by atoms with E-state index in [1.165, 1.54) is 5.56 Å². The smallest absolute Gasteiger partial charge is 0.223 e. The maximum absolute atomic E-state index is 12.4. The minimum Gasteiger partial charge on any atom is -0.333 e. The summed E-state index contributed by atoms with van der Waals surface area (Å²) in [5.41, 5.74) is 1.18. The highest BCUT2D eigenvalue weighted by atomic mass is 16.2. The van der Waals surface area contributed by atoms with Gasteiger partial charge in [-0.05, 0) is 31.2 Å². The molecule has 0 spiro atoms. The van der Waals surface area contributed by atoms with Crippen molar-refractivity contribution >= 4 is 11.7 Å². The zero-order valence-electron chi connectivity index (χ0n) is 11.9. The number of hydrogen-bond donors (Lipinski definition) is 0. The third-order valence-electron chi connectivity index (χ3n) is 4.83. The molecule has 1 aliphatic carbocycles. The number of nitrogens with zero attached hydrogens (tertiary/aromatic N) is 1. The van der Waals surface area contributed by atoms with Gasteiger partial charge in [0.05, 0.1) is 6.04 Å². The first-order valence-electron chi connectivity index (χ1n) is 7.54. The Morgan fingerprint density at radius 3 is 2.60 bits per heavy atom. The summed E-state index contributed by atoms with van der Waals surface area (Å²) in [6, 6.07) is 10.5. The van der Waals surface area contributed by atoms with Crippen LogP contribution in [-0.2, 0) is 9.59 Å². The fraction of sp³-hybridized carbons (Fsp3) is 0.529. The van der Waals surface area contributed by atoms with Gasteiger partial charge in [0.1, 0.15) is 5.78 Å². The molecule has 1 aromatic carbocycles. The van der Waals surface area contributed by atoms with Crippen molar-refractivity contribution in [2.24, 2.45) is 5.92 Å². The second-order valence-corrected chi connectivity index (χ2v) is 6.04. The van der Waals surface area contributed by atoms with E-state index in [-0.39, 0.29) is 18.0 Å². The van der Waals surface area contributed by atoms with Gasteiger partial charge < -0.3 is 4.90 Å². The summed E-state index contributed by atoms with van der Waals surface area (Å²) >= 11 is 0. The molecule has 1 aliphatic heterocycles. The largest absolute Gasteiger partial charge is 0.333 e. The van der Waals surface area contributed by atoms with Gasteiger partial charge in [0.15, 0.2) is 0 Å². The van der Waals surface area contributed by atoms with Crippen LogP contribution in [-0.4, -0.2) is 22.6 Å².